The smallest absolute Gasteiger partial charge is 0.274 e. The van der Waals surface area contributed by atoms with Gasteiger partial charge in [-0.2, -0.15) is 0 Å². The molecule has 4 atom stereocenters. The zero-order valence-corrected chi connectivity index (χ0v) is 22.6. The summed E-state index contributed by atoms with van der Waals surface area (Å²) >= 11 is 1.38. The van der Waals surface area contributed by atoms with Gasteiger partial charge in [-0.3, -0.25) is 19.2 Å². The van der Waals surface area contributed by atoms with Crippen molar-refractivity contribution in [3.05, 3.63) is 34.1 Å². The molecule has 2 aromatic heterocycles. The Labute approximate surface area is 219 Å². The largest absolute Gasteiger partial charge is 0.382 e. The Morgan fingerprint density at radius 1 is 1.22 bits per heavy atom. The predicted molar refractivity (Wildman–Crippen MR) is 134 cm³/mol. The van der Waals surface area contributed by atoms with Gasteiger partial charge >= 0.3 is 0 Å². The van der Waals surface area contributed by atoms with Crippen molar-refractivity contribution in [2.24, 2.45) is 11.8 Å². The Bertz CT molecular complexity index is 1090. The Morgan fingerprint density at radius 3 is 2.49 bits per heavy atom. The minimum Gasteiger partial charge on any atom is -0.382 e. The molecule has 1 fully saturated rings. The van der Waals surface area contributed by atoms with Crippen LogP contribution in [0.15, 0.2) is 21.5 Å². The molecule has 0 radical (unpaired) electrons. The van der Waals surface area contributed by atoms with Crippen molar-refractivity contribution in [2.45, 2.75) is 64.6 Å². The summed E-state index contributed by atoms with van der Waals surface area (Å²) in [7, 11) is 1.41. The number of aromatic nitrogens is 2. The average molecular weight is 535 g/mol. The van der Waals surface area contributed by atoms with Gasteiger partial charge in [0.2, 0.25) is 5.91 Å². The molecule has 12 heteroatoms. The molecule has 0 aliphatic carbocycles. The Kier molecular flexibility index (Phi) is 9.68. The van der Waals surface area contributed by atoms with E-state index in [1.807, 2.05) is 19.2 Å². The van der Waals surface area contributed by atoms with E-state index < -0.39 is 41.2 Å². The quantitative estimate of drug-likeness (QED) is 0.326. The predicted octanol–water partition coefficient (Wildman–Crippen LogP) is 1.89. The van der Waals surface area contributed by atoms with Crippen molar-refractivity contribution in [3.63, 3.8) is 0 Å². The molecule has 11 nitrogen and oxygen atoms in total. The fourth-order valence-corrected chi connectivity index (χ4v) is 4.50. The molecule has 2 amide bonds. The van der Waals surface area contributed by atoms with Crippen LogP contribution in [0.5, 0.6) is 0 Å². The second kappa shape index (κ2) is 12.5. The number of aryl methyl sites for hydroxylation is 1. The lowest BCUT2D eigenvalue weighted by atomic mass is 9.90. The first-order chi connectivity index (χ1) is 17.5. The zero-order valence-electron chi connectivity index (χ0n) is 21.7. The van der Waals surface area contributed by atoms with Gasteiger partial charge in [-0.05, 0) is 26.2 Å². The number of carbonyl (C=O) groups excluding carboxylic acids is 4. The van der Waals surface area contributed by atoms with E-state index in [4.69, 9.17) is 14.0 Å². The van der Waals surface area contributed by atoms with E-state index in [-0.39, 0.29) is 36.8 Å². The van der Waals surface area contributed by atoms with Gasteiger partial charge in [-0.15, -0.1) is 11.3 Å². The van der Waals surface area contributed by atoms with Crippen LogP contribution in [-0.2, 0) is 30.3 Å². The van der Waals surface area contributed by atoms with Crippen molar-refractivity contribution >= 4 is 34.7 Å². The molecular formula is C25H34N4O7S. The zero-order chi connectivity index (χ0) is 27.2. The first-order valence-electron chi connectivity index (χ1n) is 12.1. The third kappa shape index (κ3) is 8.01. The highest BCUT2D eigenvalue weighted by atomic mass is 32.1. The summed E-state index contributed by atoms with van der Waals surface area (Å²) in [5.41, 5.74) is 1.46. The highest BCUT2D eigenvalue weighted by Gasteiger charge is 2.50. The van der Waals surface area contributed by atoms with Crippen LogP contribution in [0.25, 0.3) is 0 Å². The normalized spacial score (nSPS) is 19.2. The van der Waals surface area contributed by atoms with Crippen LogP contribution in [0, 0.1) is 18.8 Å². The lowest BCUT2D eigenvalue weighted by Crippen LogP contribution is -2.50. The summed E-state index contributed by atoms with van der Waals surface area (Å²) in [5.74, 6) is -1.80. The molecule has 0 saturated carbocycles. The molecule has 0 unspecified atom stereocenters. The summed E-state index contributed by atoms with van der Waals surface area (Å²) in [6.07, 6.45) is 0.458. The summed E-state index contributed by atoms with van der Waals surface area (Å²) < 4.78 is 15.4. The van der Waals surface area contributed by atoms with Crippen molar-refractivity contribution < 1.29 is 33.2 Å². The van der Waals surface area contributed by atoms with Crippen molar-refractivity contribution in [2.75, 3.05) is 20.3 Å². The minimum absolute atomic E-state index is 0.0361. The fraction of sp³-hybridized carbons (Fsp3) is 0.600. The summed E-state index contributed by atoms with van der Waals surface area (Å²) in [5, 5.41) is 11.0. The number of amides is 2. The van der Waals surface area contributed by atoms with Crippen molar-refractivity contribution in [3.8, 4) is 0 Å². The highest BCUT2D eigenvalue weighted by Crippen LogP contribution is 2.30. The van der Waals surface area contributed by atoms with Crippen LogP contribution in [0.1, 0.15) is 55.6 Å². The van der Waals surface area contributed by atoms with Crippen LogP contribution in [-0.4, -0.2) is 71.5 Å². The fourth-order valence-electron chi connectivity index (χ4n) is 3.93. The third-order valence-corrected chi connectivity index (χ3v) is 6.72. The number of nitrogens with zero attached hydrogens (tertiary/aromatic N) is 2. The maximum absolute atomic E-state index is 13.5. The van der Waals surface area contributed by atoms with Gasteiger partial charge < -0.3 is 24.6 Å². The number of carbonyl (C=O) groups is 4. The van der Waals surface area contributed by atoms with Gasteiger partial charge in [0.1, 0.15) is 17.4 Å². The van der Waals surface area contributed by atoms with Crippen LogP contribution in [0.2, 0.25) is 0 Å². The van der Waals surface area contributed by atoms with Gasteiger partial charge in [0.15, 0.2) is 17.3 Å². The molecule has 1 aliphatic heterocycles. The van der Waals surface area contributed by atoms with E-state index in [9.17, 15) is 19.2 Å². The standard InChI is InChI=1S/C25H34N4O7S/c1-14(2)6-18(22(31)25(4)12-35-25)27-23(32)16(8-17-11-37-13-26-17)9-21(30)20(10-34-5)28-24(33)19-7-15(3)36-29-19/h7,11,13-14,16,18,20H,6,8-10,12H2,1-5H3,(H,27,32)(H,28,33)/t16-,18+,20+,25-/m1/s1. The number of hydrogen-bond acceptors (Lipinski definition) is 10. The van der Waals surface area contributed by atoms with Gasteiger partial charge in [-0.25, -0.2) is 4.98 Å². The van der Waals surface area contributed by atoms with E-state index in [1.165, 1.54) is 24.5 Å². The van der Waals surface area contributed by atoms with Gasteiger partial charge in [0, 0.05) is 31.4 Å². The number of rotatable bonds is 15. The first kappa shape index (κ1) is 28.6. The topological polar surface area (TPSA) is 153 Å². The third-order valence-electron chi connectivity index (χ3n) is 6.08. The molecule has 1 aliphatic rings. The lowest BCUT2D eigenvalue weighted by Gasteiger charge is -2.25. The Balaban J connectivity index is 1.75. The van der Waals surface area contributed by atoms with E-state index in [0.717, 1.165) is 0 Å². The van der Waals surface area contributed by atoms with Crippen LogP contribution >= 0.6 is 11.3 Å². The van der Waals surface area contributed by atoms with Gasteiger partial charge in [-0.1, -0.05) is 19.0 Å². The molecule has 2 aromatic rings. The molecule has 202 valence electrons. The minimum atomic E-state index is -1.01. The van der Waals surface area contributed by atoms with E-state index in [2.05, 4.69) is 20.8 Å². The number of nitrogens with one attached hydrogen (secondary N) is 2. The highest BCUT2D eigenvalue weighted by molar-refractivity contribution is 7.07. The van der Waals surface area contributed by atoms with Crippen molar-refractivity contribution in [1.82, 2.24) is 20.8 Å². The molecule has 0 aromatic carbocycles. The van der Waals surface area contributed by atoms with E-state index in [0.29, 0.717) is 24.5 Å². The van der Waals surface area contributed by atoms with E-state index in [1.54, 1.807) is 19.4 Å². The Morgan fingerprint density at radius 2 is 1.95 bits per heavy atom. The summed E-state index contributed by atoms with van der Waals surface area (Å²) in [6.45, 7) is 7.52. The molecule has 37 heavy (non-hydrogen) atoms. The Hall–Kier alpha value is -2.96. The number of hydrogen-bond donors (Lipinski definition) is 2. The number of epoxide rings is 1. The molecule has 0 bridgehead atoms. The summed E-state index contributed by atoms with van der Waals surface area (Å²) in [6, 6.07) is -0.289. The van der Waals surface area contributed by atoms with Gasteiger partial charge in [0.25, 0.3) is 5.91 Å². The van der Waals surface area contributed by atoms with Gasteiger partial charge in [0.05, 0.1) is 36.4 Å². The van der Waals surface area contributed by atoms with Crippen LogP contribution in [0.3, 0.4) is 0 Å². The molecule has 0 spiro atoms. The average Bonchev–Trinajstić information content (AvgIpc) is 3.20. The first-order valence-corrected chi connectivity index (χ1v) is 13.1. The second-order valence-electron chi connectivity index (χ2n) is 9.93. The second-order valence-corrected chi connectivity index (χ2v) is 10.6. The summed E-state index contributed by atoms with van der Waals surface area (Å²) in [4.78, 5) is 56.6. The molecule has 3 heterocycles. The molecule has 2 N–H and O–H groups in total. The lowest BCUT2D eigenvalue weighted by molar-refractivity contribution is -0.134. The number of ether oxygens (including phenoxy) is 2. The number of ketones is 2. The monoisotopic (exact) mass is 534 g/mol. The van der Waals surface area contributed by atoms with Crippen LogP contribution in [0.4, 0.5) is 0 Å². The number of Topliss-reactive ketones (excluding diaryl/α,β-unsaturated/α-hetero) is 2. The van der Waals surface area contributed by atoms with E-state index >= 15 is 0 Å². The molecule has 1 saturated heterocycles. The van der Waals surface area contributed by atoms with Crippen molar-refractivity contribution in [1.29, 1.82) is 0 Å². The number of methoxy groups -OCH3 is 1. The maximum Gasteiger partial charge on any atom is 0.274 e. The van der Waals surface area contributed by atoms with Crippen LogP contribution < -0.4 is 10.6 Å². The SMILES string of the molecule is COC[C@H](NC(=O)c1cc(C)on1)C(=O)C[C@@H](Cc1cscn1)C(=O)N[C@@H](CC(C)C)C(=O)[C@@]1(C)CO1. The molecule has 3 rings (SSSR count). The maximum atomic E-state index is 13.5. The number of thiazole rings is 1. The molecular weight excluding hydrogens is 500 g/mol.